The van der Waals surface area contributed by atoms with Crippen LogP contribution in [-0.4, -0.2) is 16.3 Å². The number of carbonyl (C=O) groups is 1. The highest BCUT2D eigenvalue weighted by Gasteiger charge is 2.20. The molecule has 0 aliphatic rings. The van der Waals surface area contributed by atoms with Gasteiger partial charge in [0.05, 0.1) is 6.07 Å². The molecule has 0 saturated heterocycles. The SMILES string of the molecule is CCCCCCCC(C#N)NC(=O)c1snc(Cl)c1Cl. The largest absolute Gasteiger partial charge is 0.335 e. The number of amides is 1. The topological polar surface area (TPSA) is 65.8 Å². The molecule has 1 unspecified atom stereocenters. The van der Waals surface area contributed by atoms with Crippen LogP contribution < -0.4 is 5.32 Å². The summed E-state index contributed by atoms with van der Waals surface area (Å²) >= 11 is 12.5. The van der Waals surface area contributed by atoms with Gasteiger partial charge in [0.25, 0.3) is 5.91 Å². The van der Waals surface area contributed by atoms with Crippen molar-refractivity contribution < 1.29 is 4.79 Å². The van der Waals surface area contributed by atoms with Gasteiger partial charge in [-0.1, -0.05) is 62.2 Å². The van der Waals surface area contributed by atoms with Crippen molar-refractivity contribution in [3.8, 4) is 6.07 Å². The lowest BCUT2D eigenvalue weighted by Gasteiger charge is -2.10. The molecule has 1 aromatic heterocycles. The number of nitriles is 1. The lowest BCUT2D eigenvalue weighted by molar-refractivity contribution is 0.0948. The standard InChI is InChI=1S/C13H17Cl2N3OS/c1-2-3-4-5-6-7-9(8-16)17-13(19)11-10(14)12(15)18-20-11/h9H,2-7H2,1H3,(H,17,19). The number of nitrogens with zero attached hydrogens (tertiary/aromatic N) is 2. The third kappa shape index (κ3) is 5.28. The van der Waals surface area contributed by atoms with Gasteiger partial charge in [0, 0.05) is 0 Å². The molecule has 0 radical (unpaired) electrons. The molecule has 4 nitrogen and oxygen atoms in total. The van der Waals surface area contributed by atoms with E-state index in [0.29, 0.717) is 6.42 Å². The molecule has 20 heavy (non-hydrogen) atoms. The first-order valence-corrected chi connectivity index (χ1v) is 8.14. The van der Waals surface area contributed by atoms with Crippen LogP contribution in [0.4, 0.5) is 0 Å². The fourth-order valence-electron chi connectivity index (χ4n) is 1.75. The van der Waals surface area contributed by atoms with E-state index in [4.69, 9.17) is 28.5 Å². The van der Waals surface area contributed by atoms with Gasteiger partial charge in [-0.2, -0.15) is 9.64 Å². The average molecular weight is 334 g/mol. The zero-order valence-corrected chi connectivity index (χ0v) is 13.6. The van der Waals surface area contributed by atoms with Crippen LogP contribution in [0.1, 0.15) is 55.1 Å². The second-order valence-corrected chi connectivity index (χ2v) is 5.98. The zero-order valence-electron chi connectivity index (χ0n) is 11.3. The summed E-state index contributed by atoms with van der Waals surface area (Å²) in [6.45, 7) is 2.16. The number of nitrogens with one attached hydrogen (secondary N) is 1. The van der Waals surface area contributed by atoms with Crippen molar-refractivity contribution in [2.75, 3.05) is 0 Å². The first kappa shape index (κ1) is 17.2. The van der Waals surface area contributed by atoms with Gasteiger partial charge in [-0.05, 0) is 18.0 Å². The minimum atomic E-state index is -0.499. The Morgan fingerprint density at radius 3 is 2.65 bits per heavy atom. The fraction of sp³-hybridized carbons (Fsp3) is 0.615. The number of unbranched alkanes of at least 4 members (excludes halogenated alkanes) is 4. The monoisotopic (exact) mass is 333 g/mol. The molecule has 7 heteroatoms. The third-order valence-electron chi connectivity index (χ3n) is 2.86. The van der Waals surface area contributed by atoms with Gasteiger partial charge in [-0.15, -0.1) is 0 Å². The summed E-state index contributed by atoms with van der Waals surface area (Å²) in [5.41, 5.74) is 0. The highest BCUT2D eigenvalue weighted by molar-refractivity contribution is 7.09. The van der Waals surface area contributed by atoms with Crippen molar-refractivity contribution in [3.05, 3.63) is 15.1 Å². The lowest BCUT2D eigenvalue weighted by atomic mass is 10.1. The summed E-state index contributed by atoms with van der Waals surface area (Å²) in [6.07, 6.45) is 6.21. The zero-order chi connectivity index (χ0) is 15.0. The Bertz CT molecular complexity index is 484. The molecule has 0 aliphatic heterocycles. The van der Waals surface area contributed by atoms with Gasteiger partial charge < -0.3 is 5.32 Å². The quantitative estimate of drug-likeness (QED) is 0.715. The first-order valence-electron chi connectivity index (χ1n) is 6.61. The molecule has 0 bridgehead atoms. The van der Waals surface area contributed by atoms with Gasteiger partial charge in [-0.3, -0.25) is 4.79 Å². The summed E-state index contributed by atoms with van der Waals surface area (Å²) < 4.78 is 3.80. The molecule has 0 saturated carbocycles. The molecule has 0 aliphatic carbocycles. The second kappa shape index (κ2) is 9.17. The van der Waals surface area contributed by atoms with Crippen LogP contribution in [0.2, 0.25) is 10.2 Å². The Labute approximate surface area is 133 Å². The summed E-state index contributed by atoms with van der Waals surface area (Å²) in [5.74, 6) is -0.389. The Hall–Kier alpha value is -0.830. The Balaban J connectivity index is 2.42. The molecule has 1 aromatic rings. The molecule has 1 N–H and O–H groups in total. The number of rotatable bonds is 8. The Morgan fingerprint density at radius 2 is 2.10 bits per heavy atom. The minimum Gasteiger partial charge on any atom is -0.335 e. The molecule has 0 spiro atoms. The number of hydrogen-bond acceptors (Lipinski definition) is 4. The van der Waals surface area contributed by atoms with E-state index in [1.165, 1.54) is 19.3 Å². The summed E-state index contributed by atoms with van der Waals surface area (Å²) in [5, 5.41) is 12.0. The van der Waals surface area contributed by atoms with Crippen molar-refractivity contribution >= 4 is 40.6 Å². The van der Waals surface area contributed by atoms with Gasteiger partial charge in [0.15, 0.2) is 5.15 Å². The van der Waals surface area contributed by atoms with Crippen LogP contribution in [0.3, 0.4) is 0 Å². The van der Waals surface area contributed by atoms with E-state index in [0.717, 1.165) is 24.4 Å². The molecular formula is C13H17Cl2N3OS. The smallest absolute Gasteiger partial charge is 0.265 e. The highest BCUT2D eigenvalue weighted by atomic mass is 35.5. The summed E-state index contributed by atoms with van der Waals surface area (Å²) in [6, 6.07) is 1.60. The van der Waals surface area contributed by atoms with Crippen LogP contribution in [0.15, 0.2) is 0 Å². The lowest BCUT2D eigenvalue weighted by Crippen LogP contribution is -2.33. The molecule has 1 atom stereocenters. The predicted octanol–water partition coefficient (Wildman–Crippen LogP) is 4.43. The maximum absolute atomic E-state index is 11.9. The number of carbonyl (C=O) groups excluding carboxylic acids is 1. The van der Waals surface area contributed by atoms with Gasteiger partial charge >= 0.3 is 0 Å². The third-order valence-corrected chi connectivity index (χ3v) is 4.66. The highest BCUT2D eigenvalue weighted by Crippen LogP contribution is 2.28. The summed E-state index contributed by atoms with van der Waals surface area (Å²) in [7, 11) is 0. The summed E-state index contributed by atoms with van der Waals surface area (Å²) in [4.78, 5) is 12.2. The molecule has 0 aromatic carbocycles. The van der Waals surface area contributed by atoms with Crippen LogP contribution in [0.25, 0.3) is 0 Å². The second-order valence-electron chi connectivity index (χ2n) is 4.47. The van der Waals surface area contributed by atoms with Crippen molar-refractivity contribution in [2.45, 2.75) is 51.5 Å². The van der Waals surface area contributed by atoms with E-state index in [2.05, 4.69) is 22.7 Å². The van der Waals surface area contributed by atoms with Crippen molar-refractivity contribution in [2.24, 2.45) is 0 Å². The van der Waals surface area contributed by atoms with E-state index in [9.17, 15) is 4.79 Å². The molecule has 1 heterocycles. The van der Waals surface area contributed by atoms with Gasteiger partial charge in [-0.25, -0.2) is 0 Å². The molecule has 0 fully saturated rings. The van der Waals surface area contributed by atoms with Gasteiger partial charge in [0.1, 0.15) is 15.9 Å². The van der Waals surface area contributed by atoms with Crippen LogP contribution in [0, 0.1) is 11.3 Å². The maximum Gasteiger partial charge on any atom is 0.265 e. The van der Waals surface area contributed by atoms with E-state index < -0.39 is 6.04 Å². The van der Waals surface area contributed by atoms with Crippen molar-refractivity contribution in [1.29, 1.82) is 5.26 Å². The van der Waals surface area contributed by atoms with Crippen LogP contribution in [0.5, 0.6) is 0 Å². The average Bonchev–Trinajstić information content (AvgIpc) is 2.77. The number of halogens is 2. The Morgan fingerprint density at radius 1 is 1.40 bits per heavy atom. The number of hydrogen-bond donors (Lipinski definition) is 1. The van der Waals surface area contributed by atoms with Crippen molar-refractivity contribution in [1.82, 2.24) is 9.69 Å². The minimum absolute atomic E-state index is 0.120. The van der Waals surface area contributed by atoms with Crippen LogP contribution in [-0.2, 0) is 0 Å². The molecule has 1 rings (SSSR count). The van der Waals surface area contributed by atoms with Gasteiger partial charge in [0.2, 0.25) is 0 Å². The van der Waals surface area contributed by atoms with Crippen molar-refractivity contribution in [3.63, 3.8) is 0 Å². The number of aromatic nitrogens is 1. The fourth-order valence-corrected chi connectivity index (χ4v) is 2.86. The van der Waals surface area contributed by atoms with E-state index >= 15 is 0 Å². The first-order chi connectivity index (χ1) is 9.60. The Kier molecular flexibility index (Phi) is 7.90. The molecule has 110 valence electrons. The van der Waals surface area contributed by atoms with E-state index in [1.54, 1.807) is 0 Å². The molecular weight excluding hydrogens is 317 g/mol. The van der Waals surface area contributed by atoms with E-state index in [-0.39, 0.29) is 21.0 Å². The van der Waals surface area contributed by atoms with Crippen LogP contribution >= 0.6 is 34.7 Å². The molecule has 1 amide bonds. The van der Waals surface area contributed by atoms with E-state index in [1.807, 2.05) is 0 Å². The maximum atomic E-state index is 11.9. The normalized spacial score (nSPS) is 11.9. The predicted molar refractivity (Wildman–Crippen MR) is 82.4 cm³/mol.